The van der Waals surface area contributed by atoms with Crippen molar-refractivity contribution in [2.24, 2.45) is 5.73 Å². The number of hydrogen-bond donors (Lipinski definition) is 4. The van der Waals surface area contributed by atoms with Crippen LogP contribution in [0.25, 0.3) is 0 Å². The van der Waals surface area contributed by atoms with E-state index in [9.17, 15) is 24.3 Å². The van der Waals surface area contributed by atoms with Crippen molar-refractivity contribution >= 4 is 35.5 Å². The molecule has 0 radical (unpaired) electrons. The van der Waals surface area contributed by atoms with E-state index in [-0.39, 0.29) is 10.9 Å². The predicted molar refractivity (Wildman–Crippen MR) is 102 cm³/mol. The summed E-state index contributed by atoms with van der Waals surface area (Å²) in [6.07, 6.45) is 1.50. The normalized spacial score (nSPS) is 23.9. The first-order valence-corrected chi connectivity index (χ1v) is 9.57. The summed E-state index contributed by atoms with van der Waals surface area (Å²) in [6, 6.07) is 4.11. The first-order chi connectivity index (χ1) is 13.7. The molecule has 1 fully saturated rings. The van der Waals surface area contributed by atoms with E-state index >= 15 is 0 Å². The van der Waals surface area contributed by atoms with E-state index in [4.69, 9.17) is 15.6 Å². The lowest BCUT2D eigenvalue weighted by atomic mass is 10.0. The second-order valence-electron chi connectivity index (χ2n) is 6.51. The third kappa shape index (κ3) is 4.20. The van der Waals surface area contributed by atoms with Crippen LogP contribution in [-0.4, -0.2) is 62.1 Å². The molecular weight excluding hydrogens is 402 g/mol. The van der Waals surface area contributed by atoms with Gasteiger partial charge < -0.3 is 26.0 Å². The van der Waals surface area contributed by atoms with Crippen LogP contribution < -0.4 is 15.8 Å². The fraction of sp³-hybridized carbons (Fsp3) is 0.333. The number of carboxylic acids is 2. The molecule has 1 aromatic carbocycles. The molecule has 5 N–H and O–H groups in total. The molecule has 0 saturated carbocycles. The molecule has 3 unspecified atom stereocenters. The number of rotatable bonds is 7. The Morgan fingerprint density at radius 2 is 1.93 bits per heavy atom. The van der Waals surface area contributed by atoms with E-state index < -0.39 is 47.8 Å². The molecule has 1 saturated heterocycles. The Hall–Kier alpha value is -3.05. The van der Waals surface area contributed by atoms with E-state index in [1.807, 2.05) is 6.92 Å². The van der Waals surface area contributed by atoms with E-state index in [0.29, 0.717) is 11.3 Å². The maximum atomic E-state index is 12.5. The van der Waals surface area contributed by atoms with E-state index in [0.717, 1.165) is 4.90 Å². The molecule has 3 rings (SSSR count). The molecule has 2 heterocycles. The van der Waals surface area contributed by atoms with Crippen molar-refractivity contribution in [2.45, 2.75) is 29.6 Å². The smallest absolute Gasteiger partial charge is 0.352 e. The van der Waals surface area contributed by atoms with Gasteiger partial charge in [-0.25, -0.2) is 9.59 Å². The van der Waals surface area contributed by atoms with Gasteiger partial charge in [-0.1, -0.05) is 12.1 Å². The lowest BCUT2D eigenvalue weighted by Gasteiger charge is -2.49. The van der Waals surface area contributed by atoms with Gasteiger partial charge in [-0.05, 0) is 30.7 Å². The van der Waals surface area contributed by atoms with Gasteiger partial charge in [0, 0.05) is 5.25 Å². The van der Waals surface area contributed by atoms with Gasteiger partial charge in [0.1, 0.15) is 28.9 Å². The van der Waals surface area contributed by atoms with Crippen LogP contribution in [0.5, 0.6) is 5.75 Å². The molecule has 154 valence electrons. The van der Waals surface area contributed by atoms with Crippen molar-refractivity contribution < 1.29 is 34.1 Å². The number of nitrogens with two attached hydrogens (primary N) is 1. The van der Waals surface area contributed by atoms with E-state index in [1.54, 1.807) is 0 Å². The van der Waals surface area contributed by atoms with Crippen LogP contribution in [0.2, 0.25) is 0 Å². The number of β-lactam (4-membered cyclic amide) rings is 1. The SMILES string of the molecule is CC1C=C(C(=O)O)N2C(=O)C(NC(=O)C(N)c3ccc(OCC(=O)O)cc3)[C@H]2S1. The van der Waals surface area contributed by atoms with Crippen LogP contribution in [0.15, 0.2) is 36.0 Å². The topological polar surface area (TPSA) is 159 Å². The van der Waals surface area contributed by atoms with Gasteiger partial charge in [-0.2, -0.15) is 0 Å². The van der Waals surface area contributed by atoms with E-state index in [1.165, 1.54) is 42.1 Å². The Kier molecular flexibility index (Phi) is 5.80. The van der Waals surface area contributed by atoms with Gasteiger partial charge in [0.05, 0.1) is 0 Å². The number of hydrogen-bond acceptors (Lipinski definition) is 7. The molecule has 29 heavy (non-hydrogen) atoms. The number of thioether (sulfide) groups is 1. The fourth-order valence-corrected chi connectivity index (χ4v) is 4.37. The lowest BCUT2D eigenvalue weighted by molar-refractivity contribution is -0.150. The minimum absolute atomic E-state index is 0.0852. The third-order valence-corrected chi connectivity index (χ3v) is 5.78. The number of aliphatic carboxylic acids is 2. The van der Waals surface area contributed by atoms with Gasteiger partial charge >= 0.3 is 11.9 Å². The summed E-state index contributed by atoms with van der Waals surface area (Å²) < 4.78 is 5.02. The highest BCUT2D eigenvalue weighted by atomic mass is 32.2. The number of carboxylic acid groups (broad SMARTS) is 2. The number of nitrogens with zero attached hydrogens (tertiary/aromatic N) is 1. The summed E-state index contributed by atoms with van der Waals surface area (Å²) >= 11 is 1.37. The Labute approximate surface area is 169 Å². The minimum Gasteiger partial charge on any atom is -0.482 e. The molecule has 2 aliphatic heterocycles. The minimum atomic E-state index is -1.19. The molecule has 1 aromatic rings. The molecule has 0 bridgehead atoms. The Balaban J connectivity index is 1.63. The van der Waals surface area contributed by atoms with Crippen LogP contribution in [-0.2, 0) is 19.2 Å². The highest BCUT2D eigenvalue weighted by Gasteiger charge is 2.54. The number of benzene rings is 1. The van der Waals surface area contributed by atoms with Gasteiger partial charge in [0.2, 0.25) is 5.91 Å². The first-order valence-electron chi connectivity index (χ1n) is 8.63. The Bertz CT molecular complexity index is 886. The number of amides is 2. The van der Waals surface area contributed by atoms with E-state index in [2.05, 4.69) is 5.32 Å². The quantitative estimate of drug-likeness (QED) is 0.441. The molecule has 0 spiro atoms. The van der Waals surface area contributed by atoms with Crippen molar-refractivity contribution in [2.75, 3.05) is 6.61 Å². The van der Waals surface area contributed by atoms with Crippen LogP contribution in [0.4, 0.5) is 0 Å². The molecule has 2 aliphatic rings. The molecular formula is C18H19N3O7S. The largest absolute Gasteiger partial charge is 0.482 e. The molecule has 4 atom stereocenters. The maximum absolute atomic E-state index is 12.5. The average Bonchev–Trinajstić information content (AvgIpc) is 2.69. The van der Waals surface area contributed by atoms with Crippen molar-refractivity contribution in [3.05, 3.63) is 41.6 Å². The van der Waals surface area contributed by atoms with Crippen LogP contribution in [0, 0.1) is 0 Å². The number of carbonyl (C=O) groups excluding carboxylic acids is 2. The van der Waals surface area contributed by atoms with Crippen molar-refractivity contribution in [3.63, 3.8) is 0 Å². The maximum Gasteiger partial charge on any atom is 0.352 e. The standard InChI is InChI=1S/C18H19N3O7S/c1-8-6-11(18(26)27)21-16(25)14(17(21)29-8)20-15(24)13(19)9-2-4-10(5-3-9)28-7-12(22)23/h2-6,8,13-14,17H,7,19H2,1H3,(H,20,24)(H,22,23)(H,26,27)/t8?,13?,14?,17-/m1/s1. The van der Waals surface area contributed by atoms with Crippen molar-refractivity contribution in [3.8, 4) is 5.75 Å². The highest BCUT2D eigenvalue weighted by Crippen LogP contribution is 2.40. The second-order valence-corrected chi connectivity index (χ2v) is 8.01. The Morgan fingerprint density at radius 3 is 2.52 bits per heavy atom. The van der Waals surface area contributed by atoms with Crippen LogP contribution in [0.3, 0.4) is 0 Å². The number of fused-ring (bicyclic) bond motifs is 1. The molecule has 10 nitrogen and oxygen atoms in total. The summed E-state index contributed by atoms with van der Waals surface area (Å²) in [6.45, 7) is 1.32. The molecule has 11 heteroatoms. The highest BCUT2D eigenvalue weighted by molar-refractivity contribution is 8.00. The lowest BCUT2D eigenvalue weighted by Crippen LogP contribution is -2.71. The summed E-state index contributed by atoms with van der Waals surface area (Å²) in [5.41, 5.74) is 6.33. The van der Waals surface area contributed by atoms with Gasteiger partial charge in [0.15, 0.2) is 6.61 Å². The van der Waals surface area contributed by atoms with Gasteiger partial charge in [-0.15, -0.1) is 11.8 Å². The number of ether oxygens (including phenoxy) is 1. The Morgan fingerprint density at radius 1 is 1.28 bits per heavy atom. The third-order valence-electron chi connectivity index (χ3n) is 4.45. The molecule has 0 aromatic heterocycles. The van der Waals surface area contributed by atoms with Crippen LogP contribution in [0.1, 0.15) is 18.5 Å². The van der Waals surface area contributed by atoms with Gasteiger partial charge in [0.25, 0.3) is 5.91 Å². The monoisotopic (exact) mass is 421 g/mol. The summed E-state index contributed by atoms with van der Waals surface area (Å²) in [4.78, 5) is 47.9. The molecule has 0 aliphatic carbocycles. The zero-order valence-corrected chi connectivity index (χ0v) is 16.1. The van der Waals surface area contributed by atoms with Gasteiger partial charge in [-0.3, -0.25) is 14.5 Å². The zero-order valence-electron chi connectivity index (χ0n) is 15.3. The van der Waals surface area contributed by atoms with Crippen molar-refractivity contribution in [1.82, 2.24) is 10.2 Å². The number of nitrogens with one attached hydrogen (secondary N) is 1. The summed E-state index contributed by atoms with van der Waals surface area (Å²) in [7, 11) is 0. The average molecular weight is 421 g/mol. The predicted octanol–water partition coefficient (Wildman–Crippen LogP) is -0.0933. The molecule has 2 amide bonds. The summed E-state index contributed by atoms with van der Waals surface area (Å²) in [5, 5.41) is 19.8. The second kappa shape index (κ2) is 8.13. The van der Waals surface area contributed by atoms with Crippen molar-refractivity contribution in [1.29, 1.82) is 0 Å². The first kappa shape index (κ1) is 20.7. The summed E-state index contributed by atoms with van der Waals surface area (Å²) in [5.74, 6) is -3.07. The van der Waals surface area contributed by atoms with Crippen LogP contribution >= 0.6 is 11.8 Å². The fourth-order valence-electron chi connectivity index (χ4n) is 3.04. The zero-order chi connectivity index (χ0) is 21.3. The number of carbonyl (C=O) groups is 4.